The average molecular weight is 767 g/mol. The van der Waals surface area contributed by atoms with E-state index in [0.29, 0.717) is 38.8 Å². The quantitative estimate of drug-likeness (QED) is 0.0827. The number of carbonyl (C=O) groups excluding carboxylic acids is 6. The molecule has 0 bridgehead atoms. The van der Waals surface area contributed by atoms with Crippen LogP contribution in [0.1, 0.15) is 104 Å². The van der Waals surface area contributed by atoms with Crippen LogP contribution >= 0.6 is 0 Å². The van der Waals surface area contributed by atoms with Crippen LogP contribution in [0, 0.1) is 11.8 Å². The maximum absolute atomic E-state index is 13.4. The number of primary amides is 1. The molecule has 0 saturated carbocycles. The first-order valence-corrected chi connectivity index (χ1v) is 19.9. The molecule has 4 rings (SSSR count). The van der Waals surface area contributed by atoms with Gasteiger partial charge in [0, 0.05) is 32.0 Å². The molecule has 7 unspecified atom stereocenters. The molecule has 0 radical (unpaired) electrons. The van der Waals surface area contributed by atoms with Gasteiger partial charge < -0.3 is 42.1 Å². The summed E-state index contributed by atoms with van der Waals surface area (Å²) in [5, 5.41) is 14.4. The summed E-state index contributed by atoms with van der Waals surface area (Å²) in [6, 6.07) is -3.10. The molecule has 0 aromatic carbocycles. The monoisotopic (exact) mass is 767 g/mol. The van der Waals surface area contributed by atoms with Gasteiger partial charge in [0.1, 0.15) is 18.1 Å². The number of allylic oxidation sites excluding steroid dienone is 2. The number of hydrogen-bond acceptors (Lipinski definition) is 8. The SMILES string of the molecule is C=C.CCC(NC)C(=O)NC(CC#CCC(NC(=O)C(CC)NC)C(=O)N1CCCC1C(N)=O)C(=O)N1CCCC1C.O=CNC1CCCC2=C1C=CCC2. The summed E-state index contributed by atoms with van der Waals surface area (Å²) in [4.78, 5) is 77.8. The van der Waals surface area contributed by atoms with Crippen LogP contribution in [0.15, 0.2) is 36.5 Å². The van der Waals surface area contributed by atoms with Crippen molar-refractivity contribution in [1.29, 1.82) is 0 Å². The van der Waals surface area contributed by atoms with E-state index in [0.717, 1.165) is 25.7 Å². The van der Waals surface area contributed by atoms with Crippen LogP contribution < -0.4 is 32.3 Å². The van der Waals surface area contributed by atoms with Crippen molar-refractivity contribution in [3.63, 3.8) is 0 Å². The molecule has 306 valence electrons. The van der Waals surface area contributed by atoms with Gasteiger partial charge in [0.2, 0.25) is 35.9 Å². The molecule has 0 aromatic rings. The second kappa shape index (κ2) is 24.8. The summed E-state index contributed by atoms with van der Waals surface area (Å²) in [5.74, 6) is 4.11. The Morgan fingerprint density at radius 2 is 1.38 bits per heavy atom. The largest absolute Gasteiger partial charge is 0.368 e. The zero-order valence-electron chi connectivity index (χ0n) is 33.7. The maximum atomic E-state index is 13.4. The van der Waals surface area contributed by atoms with Gasteiger partial charge in [-0.3, -0.25) is 28.8 Å². The van der Waals surface area contributed by atoms with Gasteiger partial charge in [0.25, 0.3) is 0 Å². The van der Waals surface area contributed by atoms with Crippen molar-refractivity contribution >= 4 is 35.9 Å². The number of nitrogens with two attached hydrogens (primary N) is 1. The van der Waals surface area contributed by atoms with Gasteiger partial charge in [0.15, 0.2) is 0 Å². The molecule has 0 spiro atoms. The second-order valence-electron chi connectivity index (χ2n) is 14.2. The van der Waals surface area contributed by atoms with Gasteiger partial charge in [0.05, 0.1) is 18.1 Å². The minimum atomic E-state index is -0.988. The average Bonchev–Trinajstić information content (AvgIpc) is 3.87. The van der Waals surface area contributed by atoms with Crippen LogP contribution in [0.2, 0.25) is 0 Å². The number of carbonyl (C=O) groups is 6. The Morgan fingerprint density at radius 3 is 1.87 bits per heavy atom. The van der Waals surface area contributed by atoms with Crippen molar-refractivity contribution in [3.8, 4) is 11.8 Å². The van der Waals surface area contributed by atoms with Gasteiger partial charge in [-0.25, -0.2) is 0 Å². The smallest absolute Gasteiger partial charge is 0.246 e. The number of nitrogens with one attached hydrogen (secondary N) is 5. The fraction of sp³-hybridized carbons (Fsp3) is 0.659. The van der Waals surface area contributed by atoms with Gasteiger partial charge >= 0.3 is 0 Å². The van der Waals surface area contributed by atoms with E-state index in [1.807, 2.05) is 20.8 Å². The summed E-state index contributed by atoms with van der Waals surface area (Å²) in [5.41, 5.74) is 8.45. The highest BCUT2D eigenvalue weighted by Gasteiger charge is 2.37. The molecule has 2 heterocycles. The van der Waals surface area contributed by atoms with Crippen LogP contribution in [0.5, 0.6) is 0 Å². The van der Waals surface area contributed by atoms with E-state index in [1.54, 1.807) is 24.6 Å². The lowest BCUT2D eigenvalue weighted by atomic mass is 9.83. The molecule has 4 aliphatic rings. The second-order valence-corrected chi connectivity index (χ2v) is 14.2. The van der Waals surface area contributed by atoms with E-state index in [1.165, 1.54) is 36.2 Å². The third kappa shape index (κ3) is 13.6. The first kappa shape index (κ1) is 46.7. The summed E-state index contributed by atoms with van der Waals surface area (Å²) in [6.45, 7) is 12.7. The lowest BCUT2D eigenvalue weighted by molar-refractivity contribution is -0.140. The summed E-state index contributed by atoms with van der Waals surface area (Å²) < 4.78 is 0. The molecule has 2 aliphatic carbocycles. The van der Waals surface area contributed by atoms with Crippen molar-refractivity contribution in [2.45, 2.75) is 147 Å². The number of likely N-dealkylation sites (tertiary alicyclic amines) is 2. The van der Waals surface area contributed by atoms with E-state index in [4.69, 9.17) is 5.73 Å². The molecule has 7 N–H and O–H groups in total. The molecule has 0 aromatic heterocycles. The standard InChI is InChI=1S/C28H47N7O5.C11H15NO.C2H4/c1-6-19(30-4)25(37)32-21(27(39)34-16-10-12-18(34)3)13-8-9-14-22(33-26(38)20(7-2)31-5)28(40)35-17-11-15-23(35)24(29)36;13-8-12-11-7-3-5-9-4-1-2-6-10(9)11;1-2/h18-23,30-31H,6-7,10-17H2,1-5H3,(H2,29,36)(H,32,37)(H,33,38);2,6,8,11H,1,3-5,7H2,(H,12,13);1-2H2. The predicted octanol–water partition coefficient (Wildman–Crippen LogP) is 1.96. The van der Waals surface area contributed by atoms with E-state index in [2.05, 4.69) is 63.7 Å². The highest BCUT2D eigenvalue weighted by Crippen LogP contribution is 2.32. The van der Waals surface area contributed by atoms with Gasteiger partial charge in [-0.15, -0.1) is 25.0 Å². The van der Waals surface area contributed by atoms with Gasteiger partial charge in [-0.2, -0.15) is 0 Å². The van der Waals surface area contributed by atoms with Crippen LogP contribution in [-0.2, 0) is 28.8 Å². The molecule has 7 atom stereocenters. The molecule has 2 saturated heterocycles. The Hall–Kier alpha value is -4.48. The number of hydrogen-bond donors (Lipinski definition) is 6. The lowest BCUT2D eigenvalue weighted by Crippen LogP contribution is -2.55. The highest BCUT2D eigenvalue weighted by atomic mass is 16.2. The molecular formula is C41H66N8O6. The highest BCUT2D eigenvalue weighted by molar-refractivity contribution is 5.93. The molecule has 2 aliphatic heterocycles. The lowest BCUT2D eigenvalue weighted by Gasteiger charge is -2.28. The van der Waals surface area contributed by atoms with E-state index >= 15 is 0 Å². The molecule has 14 nitrogen and oxygen atoms in total. The number of amides is 6. The van der Waals surface area contributed by atoms with E-state index in [-0.39, 0.29) is 42.6 Å². The summed E-state index contributed by atoms with van der Waals surface area (Å²) in [7, 11) is 3.36. The van der Waals surface area contributed by atoms with Crippen molar-refractivity contribution in [2.24, 2.45) is 5.73 Å². The Kier molecular flexibility index (Phi) is 21.1. The zero-order chi connectivity index (χ0) is 40.9. The number of likely N-dealkylation sites (N-methyl/N-ethyl adjacent to an activating group) is 2. The minimum absolute atomic E-state index is 0.0181. The fourth-order valence-corrected chi connectivity index (χ4v) is 7.61. The van der Waals surface area contributed by atoms with Crippen LogP contribution in [-0.4, -0.2) is 115 Å². The van der Waals surface area contributed by atoms with E-state index < -0.39 is 42.0 Å². The third-order valence-electron chi connectivity index (χ3n) is 10.7. The van der Waals surface area contributed by atoms with Crippen LogP contribution in [0.3, 0.4) is 0 Å². The molecule has 6 amide bonds. The Bertz CT molecular complexity index is 1430. The number of rotatable bonds is 15. The van der Waals surface area contributed by atoms with Crippen LogP contribution in [0.4, 0.5) is 0 Å². The van der Waals surface area contributed by atoms with Gasteiger partial charge in [-0.05, 0) is 97.2 Å². The fourth-order valence-electron chi connectivity index (χ4n) is 7.61. The molecule has 2 fully saturated rings. The Balaban J connectivity index is 0.000000576. The Labute approximate surface area is 328 Å². The Morgan fingerprint density at radius 1 is 0.836 bits per heavy atom. The topological polar surface area (TPSA) is 195 Å². The first-order valence-electron chi connectivity index (χ1n) is 19.9. The predicted molar refractivity (Wildman–Crippen MR) is 215 cm³/mol. The van der Waals surface area contributed by atoms with E-state index in [9.17, 15) is 28.8 Å². The first-order chi connectivity index (χ1) is 26.5. The molecule has 55 heavy (non-hydrogen) atoms. The summed E-state index contributed by atoms with van der Waals surface area (Å²) >= 11 is 0. The van der Waals surface area contributed by atoms with Crippen LogP contribution in [0.25, 0.3) is 0 Å². The molecular weight excluding hydrogens is 701 g/mol. The van der Waals surface area contributed by atoms with Crippen molar-refractivity contribution in [2.75, 3.05) is 27.2 Å². The van der Waals surface area contributed by atoms with Crippen molar-refractivity contribution in [3.05, 3.63) is 36.5 Å². The van der Waals surface area contributed by atoms with Crippen molar-refractivity contribution < 1.29 is 28.8 Å². The normalized spacial score (nSPS) is 22.1. The van der Waals surface area contributed by atoms with Gasteiger partial charge in [-0.1, -0.05) is 31.6 Å². The number of nitrogens with zero attached hydrogens (tertiary/aromatic N) is 2. The van der Waals surface area contributed by atoms with Crippen molar-refractivity contribution in [1.82, 2.24) is 36.4 Å². The summed E-state index contributed by atoms with van der Waals surface area (Å²) in [6.07, 6.45) is 15.2. The minimum Gasteiger partial charge on any atom is -0.368 e. The third-order valence-corrected chi connectivity index (χ3v) is 10.7. The maximum Gasteiger partial charge on any atom is 0.246 e. The zero-order valence-corrected chi connectivity index (χ0v) is 33.7. The molecule has 14 heteroatoms.